The Balaban J connectivity index is 1.80. The van der Waals surface area contributed by atoms with Gasteiger partial charge in [-0.05, 0) is 71.2 Å². The summed E-state index contributed by atoms with van der Waals surface area (Å²) in [5.74, 6) is 0.635. The Kier molecular flexibility index (Phi) is 8.41. The SMILES string of the molecule is CC(=CCOc1ccc2ccc(=O)oc2c1)CCC=C(C)CC(O)C(O)C(C)(C)O. The van der Waals surface area contributed by atoms with E-state index in [1.54, 1.807) is 12.1 Å². The predicted octanol–water partition coefficient (Wildman–Crippen LogP) is 3.73. The number of aliphatic hydroxyl groups is 3. The first-order valence-electron chi connectivity index (χ1n) is 10.1. The van der Waals surface area contributed by atoms with Crippen molar-refractivity contribution in [2.24, 2.45) is 0 Å². The fourth-order valence-electron chi connectivity index (χ4n) is 3.05. The fraction of sp³-hybridized carbons (Fsp3) is 0.458. The molecule has 2 atom stereocenters. The van der Waals surface area contributed by atoms with E-state index in [1.165, 1.54) is 25.5 Å². The molecule has 1 aromatic carbocycles. The largest absolute Gasteiger partial charge is 0.489 e. The number of benzene rings is 1. The normalized spacial score (nSPS) is 15.3. The summed E-state index contributed by atoms with van der Waals surface area (Å²) in [6, 6.07) is 8.50. The molecule has 2 unspecified atom stereocenters. The molecule has 6 nitrogen and oxygen atoms in total. The molecule has 30 heavy (non-hydrogen) atoms. The molecule has 0 aliphatic carbocycles. The van der Waals surface area contributed by atoms with Gasteiger partial charge in [-0.25, -0.2) is 4.79 Å². The molecule has 1 heterocycles. The van der Waals surface area contributed by atoms with Crippen LogP contribution in [0.15, 0.2) is 62.8 Å². The van der Waals surface area contributed by atoms with Gasteiger partial charge in [-0.2, -0.15) is 0 Å². The first-order chi connectivity index (χ1) is 14.1. The average molecular weight is 417 g/mol. The van der Waals surface area contributed by atoms with Crippen LogP contribution in [0.2, 0.25) is 0 Å². The van der Waals surface area contributed by atoms with E-state index < -0.39 is 17.8 Å². The molecule has 0 spiro atoms. The zero-order chi connectivity index (χ0) is 22.3. The highest BCUT2D eigenvalue weighted by Crippen LogP contribution is 2.20. The fourth-order valence-corrected chi connectivity index (χ4v) is 3.05. The van der Waals surface area contributed by atoms with Crippen molar-refractivity contribution in [3.63, 3.8) is 0 Å². The molecule has 0 aliphatic heterocycles. The van der Waals surface area contributed by atoms with Crippen LogP contribution in [0.1, 0.15) is 47.0 Å². The first-order valence-corrected chi connectivity index (χ1v) is 10.1. The van der Waals surface area contributed by atoms with Crippen LogP contribution in [-0.2, 0) is 0 Å². The van der Waals surface area contributed by atoms with E-state index in [0.717, 1.165) is 23.8 Å². The van der Waals surface area contributed by atoms with Crippen molar-refractivity contribution >= 4 is 11.0 Å². The second kappa shape index (κ2) is 10.6. The number of fused-ring (bicyclic) bond motifs is 1. The zero-order valence-corrected chi connectivity index (χ0v) is 18.1. The van der Waals surface area contributed by atoms with E-state index in [-0.39, 0.29) is 5.63 Å². The van der Waals surface area contributed by atoms with Crippen molar-refractivity contribution in [1.82, 2.24) is 0 Å². The monoisotopic (exact) mass is 416 g/mol. The van der Waals surface area contributed by atoms with Gasteiger partial charge in [0.15, 0.2) is 0 Å². The molecule has 0 saturated carbocycles. The molecule has 164 valence electrons. The Bertz CT molecular complexity index is 948. The predicted molar refractivity (Wildman–Crippen MR) is 118 cm³/mol. The minimum atomic E-state index is -1.34. The third-order valence-corrected chi connectivity index (χ3v) is 4.93. The van der Waals surface area contributed by atoms with Gasteiger partial charge in [-0.1, -0.05) is 17.2 Å². The lowest BCUT2D eigenvalue weighted by atomic mass is 9.93. The van der Waals surface area contributed by atoms with Gasteiger partial charge in [0.25, 0.3) is 0 Å². The van der Waals surface area contributed by atoms with Crippen molar-refractivity contribution < 1.29 is 24.5 Å². The summed E-state index contributed by atoms with van der Waals surface area (Å²) >= 11 is 0. The van der Waals surface area contributed by atoms with Crippen LogP contribution in [0.5, 0.6) is 5.75 Å². The van der Waals surface area contributed by atoms with Crippen LogP contribution < -0.4 is 10.4 Å². The second-order valence-electron chi connectivity index (χ2n) is 8.27. The number of rotatable bonds is 10. The van der Waals surface area contributed by atoms with Crippen molar-refractivity contribution in [3.8, 4) is 5.75 Å². The Hall–Kier alpha value is -2.41. The van der Waals surface area contributed by atoms with E-state index in [1.807, 2.05) is 38.1 Å². The topological polar surface area (TPSA) is 100 Å². The summed E-state index contributed by atoms with van der Waals surface area (Å²) in [5.41, 5.74) is 0.908. The number of aliphatic hydroxyl groups excluding tert-OH is 2. The zero-order valence-electron chi connectivity index (χ0n) is 18.1. The molecule has 0 radical (unpaired) electrons. The molecule has 0 aliphatic rings. The van der Waals surface area contributed by atoms with E-state index in [4.69, 9.17) is 9.15 Å². The summed E-state index contributed by atoms with van der Waals surface area (Å²) in [6.45, 7) is 7.29. The number of hydrogen-bond acceptors (Lipinski definition) is 6. The second-order valence-corrected chi connectivity index (χ2v) is 8.27. The van der Waals surface area contributed by atoms with Gasteiger partial charge in [0.2, 0.25) is 0 Å². The molecule has 0 bridgehead atoms. The van der Waals surface area contributed by atoms with Crippen LogP contribution in [0.25, 0.3) is 11.0 Å². The van der Waals surface area contributed by atoms with Crippen LogP contribution in [0, 0.1) is 0 Å². The van der Waals surface area contributed by atoms with Crippen molar-refractivity contribution in [2.45, 2.75) is 64.8 Å². The van der Waals surface area contributed by atoms with Gasteiger partial charge in [0.1, 0.15) is 24.0 Å². The van der Waals surface area contributed by atoms with Gasteiger partial charge in [0.05, 0.1) is 11.7 Å². The quantitative estimate of drug-likeness (QED) is 0.403. The average Bonchev–Trinajstić information content (AvgIpc) is 2.66. The van der Waals surface area contributed by atoms with Gasteiger partial charge in [-0.15, -0.1) is 0 Å². The Labute approximate surface area is 177 Å². The highest BCUT2D eigenvalue weighted by Gasteiger charge is 2.30. The molecule has 6 heteroatoms. The standard InChI is InChI=1S/C24H32O6/c1-16(6-5-7-17(2)14-20(25)23(27)24(3,4)28)12-13-29-19-10-8-18-9-11-22(26)30-21(18)15-19/h7-12,15,20,23,25,27-28H,5-6,13-14H2,1-4H3. The van der Waals surface area contributed by atoms with Crippen LogP contribution in [0.4, 0.5) is 0 Å². The molecule has 2 aromatic rings. The number of hydrogen-bond donors (Lipinski definition) is 3. The molecule has 0 saturated heterocycles. The molecule has 0 fully saturated rings. The molecular weight excluding hydrogens is 384 g/mol. The summed E-state index contributed by atoms with van der Waals surface area (Å²) < 4.78 is 10.9. The van der Waals surface area contributed by atoms with Gasteiger partial charge >= 0.3 is 5.63 Å². The van der Waals surface area contributed by atoms with Gasteiger partial charge < -0.3 is 24.5 Å². The van der Waals surface area contributed by atoms with E-state index in [9.17, 15) is 20.1 Å². The van der Waals surface area contributed by atoms with Gasteiger partial charge in [0, 0.05) is 17.5 Å². The van der Waals surface area contributed by atoms with Crippen molar-refractivity contribution in [1.29, 1.82) is 0 Å². The smallest absolute Gasteiger partial charge is 0.336 e. The Morgan fingerprint density at radius 3 is 2.53 bits per heavy atom. The number of ether oxygens (including phenoxy) is 1. The minimum Gasteiger partial charge on any atom is -0.489 e. The van der Waals surface area contributed by atoms with Crippen LogP contribution >= 0.6 is 0 Å². The molecule has 2 rings (SSSR count). The van der Waals surface area contributed by atoms with E-state index in [0.29, 0.717) is 24.4 Å². The maximum absolute atomic E-state index is 11.3. The molecule has 0 amide bonds. The first kappa shape index (κ1) is 23.9. The highest BCUT2D eigenvalue weighted by atomic mass is 16.5. The lowest BCUT2D eigenvalue weighted by Crippen LogP contribution is -2.44. The maximum atomic E-state index is 11.3. The van der Waals surface area contributed by atoms with Crippen LogP contribution in [0.3, 0.4) is 0 Å². The summed E-state index contributed by atoms with van der Waals surface area (Å²) in [5, 5.41) is 30.6. The molecule has 1 aromatic heterocycles. The van der Waals surface area contributed by atoms with E-state index in [2.05, 4.69) is 0 Å². The lowest BCUT2D eigenvalue weighted by Gasteiger charge is -2.28. The lowest BCUT2D eigenvalue weighted by molar-refractivity contribution is -0.105. The van der Waals surface area contributed by atoms with Crippen molar-refractivity contribution in [3.05, 3.63) is 64.1 Å². The minimum absolute atomic E-state index is 0.315. The number of allylic oxidation sites excluding steroid dienone is 2. The molecule has 3 N–H and O–H groups in total. The Morgan fingerprint density at radius 1 is 1.13 bits per heavy atom. The van der Waals surface area contributed by atoms with Gasteiger partial charge in [-0.3, -0.25) is 0 Å². The Morgan fingerprint density at radius 2 is 1.83 bits per heavy atom. The third-order valence-electron chi connectivity index (χ3n) is 4.93. The maximum Gasteiger partial charge on any atom is 0.336 e. The summed E-state index contributed by atoms with van der Waals surface area (Å²) in [4.78, 5) is 11.3. The summed E-state index contributed by atoms with van der Waals surface area (Å²) in [6.07, 6.45) is 3.80. The molecular formula is C24H32O6. The van der Waals surface area contributed by atoms with E-state index >= 15 is 0 Å². The van der Waals surface area contributed by atoms with Crippen LogP contribution in [-0.4, -0.2) is 39.7 Å². The van der Waals surface area contributed by atoms with Crippen molar-refractivity contribution in [2.75, 3.05) is 6.61 Å². The summed E-state index contributed by atoms with van der Waals surface area (Å²) in [7, 11) is 0. The third kappa shape index (κ3) is 7.44. The highest BCUT2D eigenvalue weighted by molar-refractivity contribution is 5.77.